The van der Waals surface area contributed by atoms with Crippen LogP contribution >= 0.6 is 0 Å². The first-order valence-electron chi connectivity index (χ1n) is 7.86. The molecule has 0 unspecified atom stereocenters. The number of piperazine rings is 1. The van der Waals surface area contributed by atoms with Crippen molar-refractivity contribution in [2.45, 2.75) is 26.3 Å². The predicted octanol–water partition coefficient (Wildman–Crippen LogP) is 0.627. The van der Waals surface area contributed by atoms with Crippen molar-refractivity contribution in [1.29, 1.82) is 0 Å². The fraction of sp³-hybridized carbons (Fsp3) is 0.733. The minimum atomic E-state index is 0.183. The summed E-state index contributed by atoms with van der Waals surface area (Å²) in [5.41, 5.74) is 0.920. The van der Waals surface area contributed by atoms with E-state index in [4.69, 9.17) is 4.52 Å². The standard InChI is InChI=1S/C15H24N4O2/c1-12-9-14(21-17-12)11-18-5-7-19(8-6-18)15(20)13-3-2-4-16-10-13/h9,13,16H,2-8,10-11H2,1H3/t13-/m0/s1. The van der Waals surface area contributed by atoms with Crippen LogP contribution in [0.4, 0.5) is 0 Å². The van der Waals surface area contributed by atoms with Gasteiger partial charge in [0, 0.05) is 38.8 Å². The van der Waals surface area contributed by atoms with Gasteiger partial charge in [-0.25, -0.2) is 0 Å². The van der Waals surface area contributed by atoms with E-state index in [1.54, 1.807) is 0 Å². The SMILES string of the molecule is Cc1cc(CN2CCN(C(=O)[C@H]3CCCNC3)CC2)on1. The number of aromatic nitrogens is 1. The molecular weight excluding hydrogens is 268 g/mol. The molecule has 3 rings (SSSR count). The van der Waals surface area contributed by atoms with Gasteiger partial charge in [-0.05, 0) is 26.3 Å². The van der Waals surface area contributed by atoms with Crippen LogP contribution in [0.5, 0.6) is 0 Å². The lowest BCUT2D eigenvalue weighted by atomic mass is 9.98. The Morgan fingerprint density at radius 3 is 2.86 bits per heavy atom. The second-order valence-electron chi connectivity index (χ2n) is 6.08. The third kappa shape index (κ3) is 3.63. The molecule has 1 atom stereocenters. The average molecular weight is 292 g/mol. The molecule has 0 spiro atoms. The van der Waals surface area contributed by atoms with Gasteiger partial charge in [-0.1, -0.05) is 5.16 Å². The Bertz CT molecular complexity index is 474. The van der Waals surface area contributed by atoms with Crippen molar-refractivity contribution < 1.29 is 9.32 Å². The topological polar surface area (TPSA) is 61.6 Å². The first-order chi connectivity index (χ1) is 10.2. The van der Waals surface area contributed by atoms with Gasteiger partial charge in [0.2, 0.25) is 5.91 Å². The number of aryl methyl sites for hydroxylation is 1. The Labute approximate surface area is 125 Å². The number of nitrogens with one attached hydrogen (secondary N) is 1. The second kappa shape index (κ2) is 6.58. The smallest absolute Gasteiger partial charge is 0.227 e. The van der Waals surface area contributed by atoms with Crippen molar-refractivity contribution >= 4 is 5.91 Å². The van der Waals surface area contributed by atoms with Gasteiger partial charge in [0.25, 0.3) is 0 Å². The van der Waals surface area contributed by atoms with E-state index in [2.05, 4.69) is 15.4 Å². The Morgan fingerprint density at radius 1 is 1.43 bits per heavy atom. The summed E-state index contributed by atoms with van der Waals surface area (Å²) in [6, 6.07) is 1.98. The van der Waals surface area contributed by atoms with Crippen molar-refractivity contribution in [3.63, 3.8) is 0 Å². The fourth-order valence-electron chi connectivity index (χ4n) is 3.16. The molecule has 0 saturated carbocycles. The van der Waals surface area contributed by atoms with Crippen LogP contribution in [0.15, 0.2) is 10.6 Å². The highest BCUT2D eigenvalue weighted by Gasteiger charge is 2.28. The molecule has 0 radical (unpaired) electrons. The summed E-state index contributed by atoms with van der Waals surface area (Å²) in [7, 11) is 0. The molecule has 2 aliphatic rings. The number of hydrogen-bond donors (Lipinski definition) is 1. The van der Waals surface area contributed by atoms with Crippen LogP contribution in [0.1, 0.15) is 24.3 Å². The quantitative estimate of drug-likeness (QED) is 0.885. The second-order valence-corrected chi connectivity index (χ2v) is 6.08. The molecule has 116 valence electrons. The zero-order chi connectivity index (χ0) is 14.7. The Hall–Kier alpha value is -1.40. The van der Waals surface area contributed by atoms with Crippen molar-refractivity contribution in [3.8, 4) is 0 Å². The number of hydrogen-bond acceptors (Lipinski definition) is 5. The molecule has 2 aliphatic heterocycles. The Kier molecular flexibility index (Phi) is 4.55. The summed E-state index contributed by atoms with van der Waals surface area (Å²) >= 11 is 0. The van der Waals surface area contributed by atoms with E-state index in [0.717, 1.165) is 70.1 Å². The Morgan fingerprint density at radius 2 is 2.24 bits per heavy atom. The van der Waals surface area contributed by atoms with Crippen LogP contribution in [0, 0.1) is 12.8 Å². The lowest BCUT2D eigenvalue weighted by Crippen LogP contribution is -2.51. The van der Waals surface area contributed by atoms with E-state index >= 15 is 0 Å². The summed E-state index contributed by atoms with van der Waals surface area (Å²) in [6.07, 6.45) is 2.14. The highest BCUT2D eigenvalue weighted by molar-refractivity contribution is 5.79. The van der Waals surface area contributed by atoms with Crippen molar-refractivity contribution in [3.05, 3.63) is 17.5 Å². The molecule has 0 aromatic carbocycles. The van der Waals surface area contributed by atoms with Gasteiger partial charge in [-0.3, -0.25) is 9.69 Å². The van der Waals surface area contributed by atoms with Crippen LogP contribution < -0.4 is 5.32 Å². The van der Waals surface area contributed by atoms with Gasteiger partial charge >= 0.3 is 0 Å². The minimum absolute atomic E-state index is 0.183. The predicted molar refractivity (Wildman–Crippen MR) is 78.7 cm³/mol. The van der Waals surface area contributed by atoms with E-state index in [-0.39, 0.29) is 5.92 Å². The Balaban J connectivity index is 1.47. The molecule has 1 aromatic heterocycles. The van der Waals surface area contributed by atoms with Gasteiger partial charge in [-0.15, -0.1) is 0 Å². The molecule has 2 saturated heterocycles. The maximum absolute atomic E-state index is 12.5. The van der Waals surface area contributed by atoms with Crippen LogP contribution in [-0.2, 0) is 11.3 Å². The van der Waals surface area contributed by atoms with E-state index in [1.165, 1.54) is 0 Å². The molecule has 21 heavy (non-hydrogen) atoms. The van der Waals surface area contributed by atoms with Gasteiger partial charge in [0.15, 0.2) is 5.76 Å². The maximum atomic E-state index is 12.5. The van der Waals surface area contributed by atoms with Gasteiger partial charge in [0.05, 0.1) is 18.2 Å². The van der Waals surface area contributed by atoms with Gasteiger partial charge < -0.3 is 14.7 Å². The maximum Gasteiger partial charge on any atom is 0.227 e. The molecule has 2 fully saturated rings. The number of nitrogens with zero attached hydrogens (tertiary/aromatic N) is 3. The average Bonchev–Trinajstić information content (AvgIpc) is 2.93. The highest BCUT2D eigenvalue weighted by Crippen LogP contribution is 2.16. The fourth-order valence-corrected chi connectivity index (χ4v) is 3.16. The molecule has 1 N–H and O–H groups in total. The summed E-state index contributed by atoms with van der Waals surface area (Å²) in [5.74, 6) is 1.42. The number of carbonyl (C=O) groups excluding carboxylic acids is 1. The van der Waals surface area contributed by atoms with Crippen LogP contribution in [-0.4, -0.2) is 60.1 Å². The largest absolute Gasteiger partial charge is 0.360 e. The molecule has 3 heterocycles. The lowest BCUT2D eigenvalue weighted by Gasteiger charge is -2.36. The molecule has 1 aromatic rings. The first kappa shape index (κ1) is 14.5. The van der Waals surface area contributed by atoms with Crippen LogP contribution in [0.3, 0.4) is 0 Å². The van der Waals surface area contributed by atoms with Crippen molar-refractivity contribution in [2.75, 3.05) is 39.3 Å². The number of rotatable bonds is 3. The van der Waals surface area contributed by atoms with E-state index in [1.807, 2.05) is 17.9 Å². The summed E-state index contributed by atoms with van der Waals surface area (Å²) < 4.78 is 5.26. The van der Waals surface area contributed by atoms with Crippen molar-refractivity contribution in [2.24, 2.45) is 5.92 Å². The van der Waals surface area contributed by atoms with Crippen molar-refractivity contribution in [1.82, 2.24) is 20.3 Å². The highest BCUT2D eigenvalue weighted by atomic mass is 16.5. The molecule has 0 bridgehead atoms. The number of amides is 1. The number of carbonyl (C=O) groups is 1. The summed E-state index contributed by atoms with van der Waals surface area (Å²) in [4.78, 5) is 16.8. The van der Waals surface area contributed by atoms with E-state index in [9.17, 15) is 4.79 Å². The first-order valence-corrected chi connectivity index (χ1v) is 7.86. The molecule has 6 heteroatoms. The van der Waals surface area contributed by atoms with E-state index in [0.29, 0.717) is 5.91 Å². The van der Waals surface area contributed by atoms with Crippen LogP contribution in [0.2, 0.25) is 0 Å². The molecule has 0 aliphatic carbocycles. The van der Waals surface area contributed by atoms with Crippen LogP contribution in [0.25, 0.3) is 0 Å². The monoisotopic (exact) mass is 292 g/mol. The van der Waals surface area contributed by atoms with Gasteiger partial charge in [-0.2, -0.15) is 0 Å². The normalized spacial score (nSPS) is 24.2. The third-order valence-corrected chi connectivity index (χ3v) is 4.39. The minimum Gasteiger partial charge on any atom is -0.360 e. The third-order valence-electron chi connectivity index (χ3n) is 4.39. The number of piperidine rings is 1. The molecular formula is C15H24N4O2. The summed E-state index contributed by atoms with van der Waals surface area (Å²) in [6.45, 7) is 8.07. The lowest BCUT2D eigenvalue weighted by molar-refractivity contribution is -0.137. The summed E-state index contributed by atoms with van der Waals surface area (Å²) in [5, 5.41) is 7.23. The van der Waals surface area contributed by atoms with E-state index < -0.39 is 0 Å². The van der Waals surface area contributed by atoms with Gasteiger partial charge in [0.1, 0.15) is 0 Å². The molecule has 1 amide bonds. The zero-order valence-electron chi connectivity index (χ0n) is 12.7. The zero-order valence-corrected chi connectivity index (χ0v) is 12.7. The molecule has 6 nitrogen and oxygen atoms in total.